The number of amides is 1. The molecule has 0 spiro atoms. The second-order valence-corrected chi connectivity index (χ2v) is 6.29. The van der Waals surface area contributed by atoms with Gasteiger partial charge < -0.3 is 15.5 Å². The van der Waals surface area contributed by atoms with Crippen LogP contribution < -0.4 is 10.6 Å². The smallest absolute Gasteiger partial charge is 0.239 e. The van der Waals surface area contributed by atoms with Crippen molar-refractivity contribution in [2.75, 3.05) is 20.6 Å². The lowest BCUT2D eigenvalue weighted by molar-refractivity contribution is -0.120. The third-order valence-corrected chi connectivity index (χ3v) is 4.28. The fourth-order valence-electron chi connectivity index (χ4n) is 3.01. The Morgan fingerprint density at radius 3 is 2.48 bits per heavy atom. The lowest BCUT2D eigenvalue weighted by Gasteiger charge is -2.24. The Balaban J connectivity index is 0.00000312. The van der Waals surface area contributed by atoms with E-state index in [1.165, 1.54) is 31.4 Å². The second-order valence-electron chi connectivity index (χ2n) is 6.29. The zero-order valence-electron chi connectivity index (χ0n) is 14.9. The first kappa shape index (κ1) is 21.7. The molecule has 1 amide bonds. The maximum absolute atomic E-state index is 13.0. The quantitative estimate of drug-likeness (QED) is 0.402. The summed E-state index contributed by atoms with van der Waals surface area (Å²) in [6.07, 6.45) is 5.81. The Morgan fingerprint density at radius 1 is 1.24 bits per heavy atom. The highest BCUT2D eigenvalue weighted by molar-refractivity contribution is 14.0. The van der Waals surface area contributed by atoms with E-state index in [0.717, 1.165) is 18.4 Å². The summed E-state index contributed by atoms with van der Waals surface area (Å²) in [6.45, 7) is 0.793. The van der Waals surface area contributed by atoms with Crippen LogP contribution in [0.2, 0.25) is 0 Å². The van der Waals surface area contributed by atoms with Crippen LogP contribution in [0.1, 0.15) is 37.7 Å². The molecule has 2 N–H and O–H groups in total. The maximum atomic E-state index is 13.0. The van der Waals surface area contributed by atoms with E-state index in [4.69, 9.17) is 0 Å². The van der Waals surface area contributed by atoms with Gasteiger partial charge in [0.05, 0.1) is 6.54 Å². The molecule has 1 aliphatic carbocycles. The normalized spacial score (nSPS) is 15.2. The van der Waals surface area contributed by atoms with Gasteiger partial charge in [0.2, 0.25) is 5.91 Å². The lowest BCUT2D eigenvalue weighted by atomic mass is 9.95. The molecule has 1 fully saturated rings. The molecule has 7 heteroatoms. The maximum Gasteiger partial charge on any atom is 0.239 e. The summed E-state index contributed by atoms with van der Waals surface area (Å²) in [5, 5.41) is 6.16. The van der Waals surface area contributed by atoms with Gasteiger partial charge in [-0.15, -0.1) is 24.0 Å². The molecule has 0 aromatic heterocycles. The molecule has 0 heterocycles. The second kappa shape index (κ2) is 11.3. The molecular formula is C18H28FIN4O. The van der Waals surface area contributed by atoms with Gasteiger partial charge in [0.25, 0.3) is 0 Å². The van der Waals surface area contributed by atoms with Crippen LogP contribution in [-0.2, 0) is 11.3 Å². The Kier molecular flexibility index (Phi) is 9.77. The van der Waals surface area contributed by atoms with Gasteiger partial charge in [-0.3, -0.25) is 9.79 Å². The zero-order chi connectivity index (χ0) is 17.4. The van der Waals surface area contributed by atoms with Crippen LogP contribution in [0.4, 0.5) is 4.39 Å². The van der Waals surface area contributed by atoms with Crippen molar-refractivity contribution in [2.24, 2.45) is 4.99 Å². The van der Waals surface area contributed by atoms with Crippen molar-refractivity contribution in [1.82, 2.24) is 15.5 Å². The van der Waals surface area contributed by atoms with Gasteiger partial charge in [0.1, 0.15) is 5.82 Å². The number of carbonyl (C=O) groups excluding carboxylic acids is 1. The molecule has 0 aliphatic heterocycles. The van der Waals surface area contributed by atoms with Gasteiger partial charge in [-0.25, -0.2) is 4.39 Å². The summed E-state index contributed by atoms with van der Waals surface area (Å²) in [4.78, 5) is 18.2. The van der Waals surface area contributed by atoms with Crippen LogP contribution in [-0.4, -0.2) is 43.4 Å². The van der Waals surface area contributed by atoms with Gasteiger partial charge in [-0.05, 0) is 30.5 Å². The summed E-state index contributed by atoms with van der Waals surface area (Å²) in [6, 6.07) is 6.68. The lowest BCUT2D eigenvalue weighted by Crippen LogP contribution is -2.46. The van der Waals surface area contributed by atoms with Crippen molar-refractivity contribution in [1.29, 1.82) is 0 Å². The monoisotopic (exact) mass is 462 g/mol. The molecule has 140 valence electrons. The van der Waals surface area contributed by atoms with E-state index in [1.807, 2.05) is 11.9 Å². The number of halogens is 2. The number of rotatable bonds is 5. The highest BCUT2D eigenvalue weighted by Gasteiger charge is 2.16. The largest absolute Gasteiger partial charge is 0.352 e. The highest BCUT2D eigenvalue weighted by atomic mass is 127. The van der Waals surface area contributed by atoms with Crippen LogP contribution in [0, 0.1) is 5.82 Å². The number of guanidine groups is 1. The van der Waals surface area contributed by atoms with E-state index in [0.29, 0.717) is 18.5 Å². The predicted octanol–water partition coefficient (Wildman–Crippen LogP) is 2.90. The summed E-state index contributed by atoms with van der Waals surface area (Å²) in [5.41, 5.74) is 0.980. The summed E-state index contributed by atoms with van der Waals surface area (Å²) >= 11 is 0. The number of aliphatic imine (C=N–C) groups is 1. The molecule has 5 nitrogen and oxygen atoms in total. The minimum atomic E-state index is -0.247. The molecule has 0 bridgehead atoms. The minimum absolute atomic E-state index is 0. The van der Waals surface area contributed by atoms with Crippen LogP contribution in [0.3, 0.4) is 0 Å². The third kappa shape index (κ3) is 7.58. The van der Waals surface area contributed by atoms with Crippen molar-refractivity contribution in [3.05, 3.63) is 35.6 Å². The van der Waals surface area contributed by atoms with Gasteiger partial charge in [0, 0.05) is 26.7 Å². The predicted molar refractivity (Wildman–Crippen MR) is 110 cm³/mol. The minimum Gasteiger partial charge on any atom is -0.352 e. The van der Waals surface area contributed by atoms with E-state index < -0.39 is 0 Å². The molecule has 0 atom stereocenters. The first-order valence-corrected chi connectivity index (χ1v) is 8.54. The number of benzene rings is 1. The summed E-state index contributed by atoms with van der Waals surface area (Å²) in [7, 11) is 3.57. The van der Waals surface area contributed by atoms with Gasteiger partial charge in [-0.1, -0.05) is 31.4 Å². The molecular weight excluding hydrogens is 434 g/mol. The van der Waals surface area contributed by atoms with Crippen molar-refractivity contribution >= 4 is 35.8 Å². The van der Waals surface area contributed by atoms with Crippen molar-refractivity contribution < 1.29 is 9.18 Å². The van der Waals surface area contributed by atoms with E-state index in [9.17, 15) is 9.18 Å². The molecule has 1 aliphatic rings. The fraction of sp³-hybridized carbons (Fsp3) is 0.556. The molecule has 1 saturated carbocycles. The van der Waals surface area contributed by atoms with Crippen LogP contribution in [0.25, 0.3) is 0 Å². The average molecular weight is 462 g/mol. The number of hydrogen-bond donors (Lipinski definition) is 2. The van der Waals surface area contributed by atoms with E-state index in [1.54, 1.807) is 19.2 Å². The number of carbonyl (C=O) groups is 1. The van der Waals surface area contributed by atoms with Gasteiger partial charge >= 0.3 is 0 Å². The van der Waals surface area contributed by atoms with Crippen LogP contribution in [0.5, 0.6) is 0 Å². The number of nitrogens with zero attached hydrogens (tertiary/aromatic N) is 2. The molecule has 1 aromatic carbocycles. The molecule has 0 unspecified atom stereocenters. The Morgan fingerprint density at radius 2 is 1.88 bits per heavy atom. The van der Waals surface area contributed by atoms with E-state index in [-0.39, 0.29) is 42.2 Å². The van der Waals surface area contributed by atoms with Gasteiger partial charge in [-0.2, -0.15) is 0 Å². The molecule has 0 saturated heterocycles. The number of hydrogen-bond acceptors (Lipinski definition) is 2. The first-order valence-electron chi connectivity index (χ1n) is 8.54. The summed E-state index contributed by atoms with van der Waals surface area (Å²) < 4.78 is 13.0. The summed E-state index contributed by atoms with van der Waals surface area (Å²) in [5.74, 6) is 0.389. The fourth-order valence-corrected chi connectivity index (χ4v) is 3.01. The average Bonchev–Trinajstić information content (AvgIpc) is 2.58. The first-order chi connectivity index (χ1) is 11.6. The van der Waals surface area contributed by atoms with Gasteiger partial charge in [0.15, 0.2) is 5.96 Å². The standard InChI is InChI=1S/C18H27FN4O.HI/c1-20-18(23(2)13-14-8-10-15(19)11-9-14)21-12-17(24)22-16-6-4-3-5-7-16;/h8-11,16H,3-7,12-13H2,1-2H3,(H,20,21)(H,22,24);1H. The van der Waals surface area contributed by atoms with E-state index >= 15 is 0 Å². The molecule has 2 rings (SSSR count). The zero-order valence-corrected chi connectivity index (χ0v) is 17.3. The van der Waals surface area contributed by atoms with Crippen molar-refractivity contribution in [3.8, 4) is 0 Å². The van der Waals surface area contributed by atoms with E-state index in [2.05, 4.69) is 15.6 Å². The topological polar surface area (TPSA) is 56.7 Å². The SMILES string of the molecule is CN=C(NCC(=O)NC1CCCCC1)N(C)Cc1ccc(F)cc1.I. The van der Waals surface area contributed by atoms with Crippen molar-refractivity contribution in [2.45, 2.75) is 44.7 Å². The number of nitrogens with one attached hydrogen (secondary N) is 2. The van der Waals surface area contributed by atoms with Crippen LogP contribution >= 0.6 is 24.0 Å². The highest BCUT2D eigenvalue weighted by Crippen LogP contribution is 2.17. The Labute approximate surface area is 166 Å². The molecule has 25 heavy (non-hydrogen) atoms. The third-order valence-electron chi connectivity index (χ3n) is 4.28. The molecule has 1 aromatic rings. The Bertz CT molecular complexity index is 559. The van der Waals surface area contributed by atoms with Crippen molar-refractivity contribution in [3.63, 3.8) is 0 Å². The molecule has 0 radical (unpaired) electrons. The van der Waals surface area contributed by atoms with Crippen LogP contribution in [0.15, 0.2) is 29.3 Å². The Hall–Kier alpha value is -1.38.